The Balaban J connectivity index is 2.33. The van der Waals surface area contributed by atoms with Gasteiger partial charge in [0.2, 0.25) is 5.89 Å². The second-order valence-corrected chi connectivity index (χ2v) is 4.66. The van der Waals surface area contributed by atoms with Crippen molar-refractivity contribution in [1.29, 1.82) is 0 Å². The molecule has 0 bridgehead atoms. The van der Waals surface area contributed by atoms with Crippen molar-refractivity contribution in [3.8, 4) is 11.3 Å². The Morgan fingerprint density at radius 1 is 1.52 bits per heavy atom. The number of hydrogen-bond donors (Lipinski definition) is 1. The first-order valence-corrected chi connectivity index (χ1v) is 6.66. The molecule has 0 amide bonds. The van der Waals surface area contributed by atoms with E-state index in [0.717, 1.165) is 31.2 Å². The van der Waals surface area contributed by atoms with Crippen LogP contribution in [-0.4, -0.2) is 16.5 Å². The number of nitrogens with zero attached hydrogens (tertiary/aromatic N) is 2. The zero-order chi connectivity index (χ0) is 15.4. The molecular weight excluding hydrogens is 277 g/mol. The molecule has 2 aromatic rings. The average Bonchev–Trinajstić information content (AvgIpc) is 2.94. The van der Waals surface area contributed by atoms with Crippen LogP contribution in [0.3, 0.4) is 0 Å². The summed E-state index contributed by atoms with van der Waals surface area (Å²) in [4.78, 5) is 14.5. The first-order valence-electron chi connectivity index (χ1n) is 6.66. The normalized spacial score (nSPS) is 12.3. The van der Waals surface area contributed by atoms with Gasteiger partial charge >= 0.3 is 0 Å². The molecule has 6 nitrogen and oxygen atoms in total. The highest BCUT2D eigenvalue weighted by atomic mass is 19.1. The lowest BCUT2D eigenvalue weighted by Crippen LogP contribution is -2.19. The monoisotopic (exact) mass is 293 g/mol. The number of hydrogen-bond acceptors (Lipinski definition) is 5. The largest absolute Gasteiger partial charge is 0.439 e. The highest BCUT2D eigenvalue weighted by molar-refractivity contribution is 5.68. The van der Waals surface area contributed by atoms with Gasteiger partial charge in [-0.05, 0) is 32.0 Å². The summed E-state index contributed by atoms with van der Waals surface area (Å²) in [5, 5.41) is 14.2. The Labute approximate surface area is 121 Å². The van der Waals surface area contributed by atoms with Gasteiger partial charge in [-0.3, -0.25) is 10.1 Å². The van der Waals surface area contributed by atoms with Crippen molar-refractivity contribution >= 4 is 5.69 Å². The number of nitro benzene ring substituents is 1. The van der Waals surface area contributed by atoms with E-state index in [0.29, 0.717) is 5.89 Å². The summed E-state index contributed by atoms with van der Waals surface area (Å²) in [5.41, 5.74) is -0.130. The van der Waals surface area contributed by atoms with Crippen LogP contribution in [0.1, 0.15) is 32.2 Å². The molecule has 0 aliphatic rings. The molecule has 2 rings (SSSR count). The lowest BCUT2D eigenvalue weighted by molar-refractivity contribution is -0.384. The van der Waals surface area contributed by atoms with Crippen molar-refractivity contribution in [2.24, 2.45) is 0 Å². The number of benzene rings is 1. The van der Waals surface area contributed by atoms with Gasteiger partial charge in [0.05, 0.1) is 22.7 Å². The summed E-state index contributed by atoms with van der Waals surface area (Å²) in [7, 11) is 0. The zero-order valence-corrected chi connectivity index (χ0v) is 11.8. The SMILES string of the molecule is CCCNC(C)c1ncc(-c2cc(F)ccc2[N+](=O)[O-])o1. The fourth-order valence-corrected chi connectivity index (χ4v) is 1.93. The standard InChI is InChI=1S/C14H16FN3O3/c1-3-6-16-9(2)14-17-8-13(21-14)11-7-10(15)4-5-12(11)18(19)20/h4-5,7-9,16H,3,6H2,1-2H3. The molecule has 21 heavy (non-hydrogen) atoms. The first-order chi connectivity index (χ1) is 10.0. The van der Waals surface area contributed by atoms with E-state index in [1.807, 2.05) is 13.8 Å². The van der Waals surface area contributed by atoms with Gasteiger partial charge in [0.25, 0.3) is 5.69 Å². The van der Waals surface area contributed by atoms with Gasteiger partial charge in [0.15, 0.2) is 5.76 Å². The molecule has 7 heteroatoms. The smallest absolute Gasteiger partial charge is 0.280 e. The van der Waals surface area contributed by atoms with Crippen LogP contribution in [0.2, 0.25) is 0 Å². The third-order valence-electron chi connectivity index (χ3n) is 3.02. The summed E-state index contributed by atoms with van der Waals surface area (Å²) >= 11 is 0. The first kappa shape index (κ1) is 15.1. The van der Waals surface area contributed by atoms with E-state index in [2.05, 4.69) is 10.3 Å². The molecule has 0 radical (unpaired) electrons. The van der Waals surface area contributed by atoms with Crippen molar-refractivity contribution in [2.45, 2.75) is 26.3 Å². The molecule has 1 atom stereocenters. The minimum atomic E-state index is -0.574. The Kier molecular flexibility index (Phi) is 4.64. The highest BCUT2D eigenvalue weighted by Crippen LogP contribution is 2.31. The lowest BCUT2D eigenvalue weighted by Gasteiger charge is -2.08. The maximum atomic E-state index is 13.3. The summed E-state index contributed by atoms with van der Waals surface area (Å²) in [6.07, 6.45) is 2.34. The Morgan fingerprint density at radius 3 is 2.95 bits per heavy atom. The van der Waals surface area contributed by atoms with Crippen LogP contribution >= 0.6 is 0 Å². The molecule has 0 fully saturated rings. The number of rotatable bonds is 6. The number of nitro groups is 1. The van der Waals surface area contributed by atoms with E-state index >= 15 is 0 Å². The molecule has 0 saturated heterocycles. The predicted octanol–water partition coefficient (Wildman–Crippen LogP) is 3.45. The van der Waals surface area contributed by atoms with E-state index in [9.17, 15) is 14.5 Å². The third kappa shape index (κ3) is 3.43. The van der Waals surface area contributed by atoms with Crippen LogP contribution < -0.4 is 5.32 Å². The number of nitrogens with one attached hydrogen (secondary N) is 1. The third-order valence-corrected chi connectivity index (χ3v) is 3.02. The van der Waals surface area contributed by atoms with Crippen LogP contribution in [0.25, 0.3) is 11.3 Å². The second kappa shape index (κ2) is 6.45. The predicted molar refractivity (Wildman–Crippen MR) is 75.3 cm³/mol. The maximum Gasteiger partial charge on any atom is 0.280 e. The molecule has 1 aromatic heterocycles. The summed E-state index contributed by atoms with van der Waals surface area (Å²) in [6, 6.07) is 3.12. The van der Waals surface area contributed by atoms with Crippen LogP contribution in [0, 0.1) is 15.9 Å². The zero-order valence-electron chi connectivity index (χ0n) is 11.8. The van der Waals surface area contributed by atoms with Crippen LogP contribution in [0.4, 0.5) is 10.1 Å². The van der Waals surface area contributed by atoms with E-state index in [4.69, 9.17) is 4.42 Å². The van der Waals surface area contributed by atoms with Crippen molar-refractivity contribution < 1.29 is 13.7 Å². The van der Waals surface area contributed by atoms with E-state index in [-0.39, 0.29) is 23.1 Å². The van der Waals surface area contributed by atoms with Gasteiger partial charge < -0.3 is 9.73 Å². The van der Waals surface area contributed by atoms with E-state index in [1.165, 1.54) is 6.20 Å². The molecule has 0 saturated carbocycles. The molecule has 1 N–H and O–H groups in total. The molecule has 1 unspecified atom stereocenters. The van der Waals surface area contributed by atoms with Gasteiger partial charge in [-0.25, -0.2) is 9.37 Å². The molecule has 0 aliphatic carbocycles. The van der Waals surface area contributed by atoms with Gasteiger partial charge in [-0.15, -0.1) is 0 Å². The van der Waals surface area contributed by atoms with E-state index in [1.54, 1.807) is 0 Å². The molecular formula is C14H16FN3O3. The number of aromatic nitrogens is 1. The topological polar surface area (TPSA) is 81.2 Å². The molecule has 112 valence electrons. The lowest BCUT2D eigenvalue weighted by atomic mass is 10.1. The van der Waals surface area contributed by atoms with Crippen molar-refractivity contribution in [1.82, 2.24) is 10.3 Å². The Morgan fingerprint density at radius 2 is 2.29 bits per heavy atom. The van der Waals surface area contributed by atoms with Crippen LogP contribution in [0.5, 0.6) is 0 Å². The number of halogens is 1. The maximum absolute atomic E-state index is 13.3. The number of oxazole rings is 1. The van der Waals surface area contributed by atoms with Crippen LogP contribution in [0.15, 0.2) is 28.8 Å². The van der Waals surface area contributed by atoms with E-state index < -0.39 is 10.7 Å². The van der Waals surface area contributed by atoms with Crippen LogP contribution in [-0.2, 0) is 0 Å². The minimum absolute atomic E-state index is 0.0847. The molecule has 1 aromatic carbocycles. The molecule has 0 spiro atoms. The van der Waals surface area contributed by atoms with Gasteiger partial charge in [-0.1, -0.05) is 6.92 Å². The Bertz CT molecular complexity index is 642. The summed E-state index contributed by atoms with van der Waals surface area (Å²) in [5.74, 6) is 0.0315. The quantitative estimate of drug-likeness (QED) is 0.651. The minimum Gasteiger partial charge on any atom is -0.439 e. The van der Waals surface area contributed by atoms with Crippen molar-refractivity contribution in [3.63, 3.8) is 0 Å². The fraction of sp³-hybridized carbons (Fsp3) is 0.357. The molecule has 0 aliphatic heterocycles. The fourth-order valence-electron chi connectivity index (χ4n) is 1.93. The molecule has 1 heterocycles. The van der Waals surface area contributed by atoms with Gasteiger partial charge in [0.1, 0.15) is 5.82 Å². The van der Waals surface area contributed by atoms with Gasteiger partial charge in [-0.2, -0.15) is 0 Å². The van der Waals surface area contributed by atoms with Crippen molar-refractivity contribution in [3.05, 3.63) is 46.2 Å². The highest BCUT2D eigenvalue weighted by Gasteiger charge is 2.21. The average molecular weight is 293 g/mol. The Hall–Kier alpha value is -2.28. The summed E-state index contributed by atoms with van der Waals surface area (Å²) in [6.45, 7) is 4.72. The van der Waals surface area contributed by atoms with Gasteiger partial charge in [0, 0.05) is 6.07 Å². The van der Waals surface area contributed by atoms with Crippen molar-refractivity contribution in [2.75, 3.05) is 6.54 Å². The second-order valence-electron chi connectivity index (χ2n) is 4.66. The summed E-state index contributed by atoms with van der Waals surface area (Å²) < 4.78 is 18.9.